The number of rotatable bonds is 7. The summed E-state index contributed by atoms with van der Waals surface area (Å²) in [6.45, 7) is -0.199. The van der Waals surface area contributed by atoms with Crippen molar-refractivity contribution in [1.82, 2.24) is 0 Å². The van der Waals surface area contributed by atoms with Crippen molar-refractivity contribution in [2.45, 2.75) is 0 Å². The Kier molecular flexibility index (Phi) is 6.91. The van der Waals surface area contributed by atoms with E-state index in [2.05, 4.69) is 15.3 Å². The van der Waals surface area contributed by atoms with E-state index in [4.69, 9.17) is 32.7 Å². The fourth-order valence-electron chi connectivity index (χ4n) is 1.84. The molecular weight excluding hydrogens is 367 g/mol. The number of hydrazone groups is 1. The maximum absolute atomic E-state index is 11.1. The van der Waals surface area contributed by atoms with Crippen LogP contribution in [0.2, 0.25) is 10.0 Å². The van der Waals surface area contributed by atoms with Crippen LogP contribution in [0.4, 0.5) is 5.69 Å². The molecule has 1 N–H and O–H groups in total. The van der Waals surface area contributed by atoms with Gasteiger partial charge in [0.1, 0.15) is 0 Å². The zero-order chi connectivity index (χ0) is 18.2. The van der Waals surface area contributed by atoms with Gasteiger partial charge in [-0.25, -0.2) is 4.79 Å². The minimum absolute atomic E-state index is 0.199. The van der Waals surface area contributed by atoms with Crippen molar-refractivity contribution < 1.29 is 19.0 Å². The molecular formula is C17H16Cl2N2O4. The van der Waals surface area contributed by atoms with Crippen molar-refractivity contribution in [2.24, 2.45) is 5.10 Å². The van der Waals surface area contributed by atoms with Gasteiger partial charge in [-0.2, -0.15) is 5.10 Å². The van der Waals surface area contributed by atoms with E-state index >= 15 is 0 Å². The monoisotopic (exact) mass is 382 g/mol. The average molecular weight is 383 g/mol. The summed E-state index contributed by atoms with van der Waals surface area (Å²) in [5, 5.41) is 5.17. The summed E-state index contributed by atoms with van der Waals surface area (Å²) in [5.74, 6) is 0.417. The highest BCUT2D eigenvalue weighted by Gasteiger charge is 2.08. The molecule has 0 radical (unpaired) electrons. The number of carbonyl (C=O) groups excluding carboxylic acids is 1. The highest BCUT2D eigenvalue weighted by molar-refractivity contribution is 6.35. The van der Waals surface area contributed by atoms with Crippen LogP contribution in [0.5, 0.6) is 11.5 Å². The van der Waals surface area contributed by atoms with Gasteiger partial charge in [0.05, 0.1) is 31.1 Å². The highest BCUT2D eigenvalue weighted by atomic mass is 35.5. The number of nitrogens with one attached hydrogen (secondary N) is 1. The molecule has 0 heterocycles. The van der Waals surface area contributed by atoms with Gasteiger partial charge in [0.25, 0.3) is 0 Å². The molecule has 0 aliphatic rings. The number of benzene rings is 2. The molecule has 132 valence electrons. The molecule has 0 bridgehead atoms. The van der Waals surface area contributed by atoms with Gasteiger partial charge in [-0.05, 0) is 42.0 Å². The summed E-state index contributed by atoms with van der Waals surface area (Å²) in [5.41, 5.74) is 4.17. The summed E-state index contributed by atoms with van der Waals surface area (Å²) < 4.78 is 15.1. The largest absolute Gasteiger partial charge is 0.493 e. The Balaban J connectivity index is 2.06. The third-order valence-electron chi connectivity index (χ3n) is 3.09. The lowest BCUT2D eigenvalue weighted by Gasteiger charge is -2.10. The van der Waals surface area contributed by atoms with Crippen molar-refractivity contribution in [2.75, 3.05) is 26.3 Å². The second kappa shape index (κ2) is 9.15. The van der Waals surface area contributed by atoms with Gasteiger partial charge in [0.2, 0.25) is 0 Å². The van der Waals surface area contributed by atoms with Crippen molar-refractivity contribution in [3.05, 3.63) is 52.0 Å². The Morgan fingerprint density at radius 2 is 1.96 bits per heavy atom. The van der Waals surface area contributed by atoms with Gasteiger partial charge < -0.3 is 14.2 Å². The Hall–Kier alpha value is -2.44. The summed E-state index contributed by atoms with van der Waals surface area (Å²) in [4.78, 5) is 11.1. The standard InChI is InChI=1S/C17H16Cl2N2O4/c1-23-16-7-11(3-6-15(16)25-10-17(22)24-2)9-20-21-14-8-12(18)4-5-13(14)19/h3-9,21H,10H2,1-2H3/b20-9-. The Bertz CT molecular complexity index is 781. The number of hydrogen-bond donors (Lipinski definition) is 1. The number of ether oxygens (including phenoxy) is 3. The molecule has 0 saturated heterocycles. The first-order valence-electron chi connectivity index (χ1n) is 7.15. The van der Waals surface area contributed by atoms with E-state index in [0.29, 0.717) is 27.2 Å². The van der Waals surface area contributed by atoms with Crippen LogP contribution in [0.25, 0.3) is 0 Å². The van der Waals surface area contributed by atoms with Gasteiger partial charge in [-0.3, -0.25) is 5.43 Å². The molecule has 25 heavy (non-hydrogen) atoms. The third kappa shape index (κ3) is 5.55. The molecule has 2 aromatic rings. The SMILES string of the molecule is COC(=O)COc1ccc(/C=N\Nc2cc(Cl)ccc2Cl)cc1OC. The Labute approximate surface area is 155 Å². The summed E-state index contributed by atoms with van der Waals surface area (Å²) in [6.07, 6.45) is 1.59. The number of nitrogens with zero attached hydrogens (tertiary/aromatic N) is 1. The van der Waals surface area contributed by atoms with Crippen molar-refractivity contribution in [3.8, 4) is 11.5 Å². The summed E-state index contributed by atoms with van der Waals surface area (Å²) in [6, 6.07) is 10.2. The topological polar surface area (TPSA) is 69.2 Å². The lowest BCUT2D eigenvalue weighted by atomic mass is 10.2. The fraction of sp³-hybridized carbons (Fsp3) is 0.176. The fourth-order valence-corrected chi connectivity index (χ4v) is 2.17. The Morgan fingerprint density at radius 3 is 2.68 bits per heavy atom. The lowest BCUT2D eigenvalue weighted by molar-refractivity contribution is -0.142. The normalized spacial score (nSPS) is 10.6. The van der Waals surface area contributed by atoms with Gasteiger partial charge in [-0.15, -0.1) is 0 Å². The van der Waals surface area contributed by atoms with Crippen molar-refractivity contribution >= 4 is 41.1 Å². The zero-order valence-electron chi connectivity index (χ0n) is 13.6. The molecule has 0 aliphatic heterocycles. The van der Waals surface area contributed by atoms with Gasteiger partial charge >= 0.3 is 5.97 Å². The highest BCUT2D eigenvalue weighted by Crippen LogP contribution is 2.28. The minimum Gasteiger partial charge on any atom is -0.493 e. The molecule has 0 unspecified atom stereocenters. The molecule has 0 fully saturated rings. The third-order valence-corrected chi connectivity index (χ3v) is 3.65. The predicted molar refractivity (Wildman–Crippen MR) is 98.2 cm³/mol. The molecule has 0 atom stereocenters. The number of hydrogen-bond acceptors (Lipinski definition) is 6. The second-order valence-electron chi connectivity index (χ2n) is 4.77. The molecule has 0 aromatic heterocycles. The number of anilines is 1. The van der Waals surface area contributed by atoms with E-state index in [1.165, 1.54) is 14.2 Å². The minimum atomic E-state index is -0.477. The maximum Gasteiger partial charge on any atom is 0.343 e. The smallest absolute Gasteiger partial charge is 0.343 e. The molecule has 0 aliphatic carbocycles. The lowest BCUT2D eigenvalue weighted by Crippen LogP contribution is -2.13. The van der Waals surface area contributed by atoms with Crippen molar-refractivity contribution in [3.63, 3.8) is 0 Å². The molecule has 2 rings (SSSR count). The van der Waals surface area contributed by atoms with Crippen LogP contribution in [0.15, 0.2) is 41.5 Å². The number of methoxy groups -OCH3 is 2. The van der Waals surface area contributed by atoms with Crippen LogP contribution in [-0.2, 0) is 9.53 Å². The van der Waals surface area contributed by atoms with E-state index < -0.39 is 5.97 Å². The number of carbonyl (C=O) groups is 1. The van der Waals surface area contributed by atoms with Gasteiger partial charge in [0.15, 0.2) is 18.1 Å². The van der Waals surface area contributed by atoms with Crippen LogP contribution in [0.3, 0.4) is 0 Å². The van der Waals surface area contributed by atoms with Crippen molar-refractivity contribution in [1.29, 1.82) is 0 Å². The number of esters is 1. The van der Waals surface area contributed by atoms with Gasteiger partial charge in [-0.1, -0.05) is 23.2 Å². The predicted octanol–water partition coefficient (Wildman–Crippen LogP) is 4.00. The van der Waals surface area contributed by atoms with Crippen LogP contribution < -0.4 is 14.9 Å². The van der Waals surface area contributed by atoms with E-state index in [1.807, 2.05) is 0 Å². The van der Waals surface area contributed by atoms with E-state index in [-0.39, 0.29) is 6.61 Å². The van der Waals surface area contributed by atoms with Crippen LogP contribution in [-0.4, -0.2) is 33.0 Å². The van der Waals surface area contributed by atoms with E-state index in [9.17, 15) is 4.79 Å². The molecule has 8 heteroatoms. The summed E-state index contributed by atoms with van der Waals surface area (Å²) in [7, 11) is 2.80. The first kappa shape index (κ1) is 18.9. The molecule has 6 nitrogen and oxygen atoms in total. The number of halogens is 2. The molecule has 0 amide bonds. The molecule has 0 spiro atoms. The van der Waals surface area contributed by atoms with Crippen LogP contribution in [0, 0.1) is 0 Å². The van der Waals surface area contributed by atoms with E-state index in [0.717, 1.165) is 5.56 Å². The average Bonchev–Trinajstić information content (AvgIpc) is 2.62. The maximum atomic E-state index is 11.1. The second-order valence-corrected chi connectivity index (χ2v) is 5.61. The quantitative estimate of drug-likeness (QED) is 0.445. The first-order valence-corrected chi connectivity index (χ1v) is 7.91. The Morgan fingerprint density at radius 1 is 1.16 bits per heavy atom. The van der Waals surface area contributed by atoms with Crippen LogP contribution >= 0.6 is 23.2 Å². The zero-order valence-corrected chi connectivity index (χ0v) is 15.1. The van der Waals surface area contributed by atoms with Gasteiger partial charge in [0, 0.05) is 5.02 Å². The first-order chi connectivity index (χ1) is 12.0. The molecule has 0 saturated carbocycles. The van der Waals surface area contributed by atoms with Crippen LogP contribution in [0.1, 0.15) is 5.56 Å². The molecule has 2 aromatic carbocycles. The summed E-state index contributed by atoms with van der Waals surface area (Å²) >= 11 is 12.0. The van der Waals surface area contributed by atoms with E-state index in [1.54, 1.807) is 42.6 Å².